The quantitative estimate of drug-likeness (QED) is 0.671. The molecule has 0 unspecified atom stereocenters. The van der Waals surface area contributed by atoms with E-state index in [1.807, 2.05) is 36.7 Å². The standard InChI is InChI=1S/C23H28N4O2/c1-26-13-10-20(11-14-26)29-15-12-23(28)24-16-18-6-8-19(9-7-18)27-17-25-21-4-2-3-5-22(21)27/h2-9,17,20H,10-16H2,1H3,(H,24,28). The molecule has 152 valence electrons. The van der Waals surface area contributed by atoms with E-state index in [0.29, 0.717) is 25.7 Å². The average molecular weight is 393 g/mol. The van der Waals surface area contributed by atoms with Crippen LogP contribution in [0, 0.1) is 0 Å². The predicted octanol–water partition coefficient (Wildman–Crippen LogP) is 3.14. The summed E-state index contributed by atoms with van der Waals surface area (Å²) in [6.45, 7) is 3.16. The Balaban J connectivity index is 1.23. The van der Waals surface area contributed by atoms with Gasteiger partial charge in [0.05, 0.1) is 23.7 Å². The van der Waals surface area contributed by atoms with E-state index in [2.05, 4.69) is 45.0 Å². The molecule has 0 saturated carbocycles. The zero-order valence-corrected chi connectivity index (χ0v) is 16.9. The molecule has 1 amide bonds. The molecular formula is C23H28N4O2. The lowest BCUT2D eigenvalue weighted by molar-refractivity contribution is -0.123. The average Bonchev–Trinajstić information content (AvgIpc) is 3.18. The van der Waals surface area contributed by atoms with Gasteiger partial charge in [-0.3, -0.25) is 9.36 Å². The normalized spacial score (nSPS) is 15.6. The van der Waals surface area contributed by atoms with Crippen molar-refractivity contribution >= 4 is 16.9 Å². The van der Waals surface area contributed by atoms with E-state index < -0.39 is 0 Å². The van der Waals surface area contributed by atoms with E-state index in [0.717, 1.165) is 48.2 Å². The summed E-state index contributed by atoms with van der Waals surface area (Å²) in [5.41, 5.74) is 4.19. The first-order valence-corrected chi connectivity index (χ1v) is 10.3. The fourth-order valence-electron chi connectivity index (χ4n) is 3.70. The molecule has 0 spiro atoms. The molecule has 6 nitrogen and oxygen atoms in total. The Morgan fingerprint density at radius 1 is 1.14 bits per heavy atom. The lowest BCUT2D eigenvalue weighted by Gasteiger charge is -2.28. The Kier molecular flexibility index (Phi) is 6.22. The SMILES string of the molecule is CN1CCC(OCCC(=O)NCc2ccc(-n3cnc4ccccc43)cc2)CC1. The molecule has 4 rings (SSSR count). The van der Waals surface area contributed by atoms with Gasteiger partial charge >= 0.3 is 0 Å². The molecule has 0 bridgehead atoms. The fraction of sp³-hybridized carbons (Fsp3) is 0.391. The summed E-state index contributed by atoms with van der Waals surface area (Å²) in [6, 6.07) is 16.3. The molecule has 2 aromatic carbocycles. The first-order valence-electron chi connectivity index (χ1n) is 10.3. The van der Waals surface area contributed by atoms with Crippen LogP contribution in [0.15, 0.2) is 54.9 Å². The topological polar surface area (TPSA) is 59.4 Å². The number of rotatable bonds is 7. The summed E-state index contributed by atoms with van der Waals surface area (Å²) in [5.74, 6) is 0.0302. The van der Waals surface area contributed by atoms with Crippen LogP contribution < -0.4 is 5.32 Å². The number of benzene rings is 2. The highest BCUT2D eigenvalue weighted by Gasteiger charge is 2.17. The Morgan fingerprint density at radius 3 is 2.69 bits per heavy atom. The summed E-state index contributed by atoms with van der Waals surface area (Å²) in [4.78, 5) is 18.8. The monoisotopic (exact) mass is 392 g/mol. The highest BCUT2D eigenvalue weighted by Crippen LogP contribution is 2.18. The molecule has 1 aliphatic heterocycles. The number of amides is 1. The smallest absolute Gasteiger partial charge is 0.222 e. The summed E-state index contributed by atoms with van der Waals surface area (Å²) in [6.07, 6.45) is 4.65. The van der Waals surface area contributed by atoms with Crippen LogP contribution in [-0.2, 0) is 16.1 Å². The van der Waals surface area contributed by atoms with Crippen molar-refractivity contribution in [3.8, 4) is 5.69 Å². The maximum atomic E-state index is 12.1. The van der Waals surface area contributed by atoms with Gasteiger partial charge in [-0.1, -0.05) is 24.3 Å². The molecule has 0 aliphatic carbocycles. The maximum absolute atomic E-state index is 12.1. The maximum Gasteiger partial charge on any atom is 0.222 e. The third-order valence-electron chi connectivity index (χ3n) is 5.51. The van der Waals surface area contributed by atoms with E-state index in [-0.39, 0.29) is 5.91 Å². The summed E-state index contributed by atoms with van der Waals surface area (Å²) in [7, 11) is 2.13. The number of ether oxygens (including phenoxy) is 1. The molecular weight excluding hydrogens is 364 g/mol. The zero-order valence-electron chi connectivity index (χ0n) is 16.9. The predicted molar refractivity (Wildman–Crippen MR) is 114 cm³/mol. The van der Waals surface area contributed by atoms with Crippen LogP contribution in [0.25, 0.3) is 16.7 Å². The third kappa shape index (κ3) is 5.02. The molecule has 2 heterocycles. The minimum absolute atomic E-state index is 0.0302. The Labute approximate surface area is 171 Å². The molecule has 1 fully saturated rings. The van der Waals surface area contributed by atoms with E-state index in [1.54, 1.807) is 0 Å². The van der Waals surface area contributed by atoms with Crippen LogP contribution in [0.5, 0.6) is 0 Å². The molecule has 3 aromatic rings. The second-order valence-electron chi connectivity index (χ2n) is 7.67. The van der Waals surface area contributed by atoms with Gasteiger partial charge in [0.2, 0.25) is 5.91 Å². The van der Waals surface area contributed by atoms with Gasteiger partial charge in [0, 0.05) is 31.7 Å². The Bertz CT molecular complexity index is 943. The number of carbonyl (C=O) groups excluding carboxylic acids is 1. The highest BCUT2D eigenvalue weighted by atomic mass is 16.5. The van der Waals surface area contributed by atoms with Crippen molar-refractivity contribution < 1.29 is 9.53 Å². The number of carbonyl (C=O) groups is 1. The van der Waals surface area contributed by atoms with Gasteiger partial charge in [0.25, 0.3) is 0 Å². The number of aromatic nitrogens is 2. The Morgan fingerprint density at radius 2 is 1.90 bits per heavy atom. The zero-order chi connectivity index (χ0) is 20.1. The molecule has 1 saturated heterocycles. The van der Waals surface area contributed by atoms with E-state index >= 15 is 0 Å². The lowest BCUT2D eigenvalue weighted by atomic mass is 10.1. The van der Waals surface area contributed by atoms with Crippen LogP contribution >= 0.6 is 0 Å². The number of hydrogen-bond donors (Lipinski definition) is 1. The van der Waals surface area contributed by atoms with Gasteiger partial charge in [-0.05, 0) is 49.7 Å². The van der Waals surface area contributed by atoms with Gasteiger partial charge in [-0.15, -0.1) is 0 Å². The highest BCUT2D eigenvalue weighted by molar-refractivity contribution is 5.77. The van der Waals surface area contributed by atoms with Gasteiger partial charge < -0.3 is 15.0 Å². The number of likely N-dealkylation sites (tertiary alicyclic amines) is 1. The molecule has 0 atom stereocenters. The summed E-state index contributed by atoms with van der Waals surface area (Å²) >= 11 is 0. The number of imidazole rings is 1. The first-order chi connectivity index (χ1) is 14.2. The van der Waals surface area contributed by atoms with Crippen molar-refractivity contribution in [1.82, 2.24) is 19.8 Å². The van der Waals surface area contributed by atoms with Crippen LogP contribution in [0.3, 0.4) is 0 Å². The van der Waals surface area contributed by atoms with E-state index in [4.69, 9.17) is 4.74 Å². The second kappa shape index (κ2) is 9.20. The number of fused-ring (bicyclic) bond motifs is 1. The van der Waals surface area contributed by atoms with E-state index in [1.165, 1.54) is 0 Å². The van der Waals surface area contributed by atoms with Gasteiger partial charge in [0.1, 0.15) is 6.33 Å². The fourth-order valence-corrected chi connectivity index (χ4v) is 3.70. The number of para-hydroxylation sites is 2. The second-order valence-corrected chi connectivity index (χ2v) is 7.67. The minimum atomic E-state index is 0.0302. The van der Waals surface area contributed by atoms with Gasteiger partial charge in [-0.2, -0.15) is 0 Å². The lowest BCUT2D eigenvalue weighted by Crippen LogP contribution is -2.34. The minimum Gasteiger partial charge on any atom is -0.378 e. The molecule has 1 N–H and O–H groups in total. The van der Waals surface area contributed by atoms with Crippen molar-refractivity contribution in [2.75, 3.05) is 26.7 Å². The molecule has 1 aliphatic rings. The summed E-state index contributed by atoms with van der Waals surface area (Å²) in [5, 5.41) is 2.98. The number of piperidine rings is 1. The molecule has 1 aromatic heterocycles. The summed E-state index contributed by atoms with van der Waals surface area (Å²) < 4.78 is 7.92. The Hall–Kier alpha value is -2.70. The van der Waals surface area contributed by atoms with Crippen molar-refractivity contribution in [3.05, 3.63) is 60.4 Å². The van der Waals surface area contributed by atoms with Gasteiger partial charge in [-0.25, -0.2) is 4.98 Å². The number of nitrogens with zero attached hydrogens (tertiary/aromatic N) is 3. The van der Waals surface area contributed by atoms with Crippen LogP contribution in [0.1, 0.15) is 24.8 Å². The number of hydrogen-bond acceptors (Lipinski definition) is 4. The van der Waals surface area contributed by atoms with Crippen LogP contribution in [0.4, 0.5) is 0 Å². The molecule has 0 radical (unpaired) electrons. The number of nitrogens with one attached hydrogen (secondary N) is 1. The van der Waals surface area contributed by atoms with Crippen molar-refractivity contribution in [2.24, 2.45) is 0 Å². The van der Waals surface area contributed by atoms with Crippen LogP contribution in [-0.4, -0.2) is 53.2 Å². The van der Waals surface area contributed by atoms with Gasteiger partial charge in [0.15, 0.2) is 0 Å². The van der Waals surface area contributed by atoms with Crippen molar-refractivity contribution in [2.45, 2.75) is 31.9 Å². The van der Waals surface area contributed by atoms with Crippen molar-refractivity contribution in [1.29, 1.82) is 0 Å². The third-order valence-corrected chi connectivity index (χ3v) is 5.51. The molecule has 6 heteroatoms. The van der Waals surface area contributed by atoms with Crippen molar-refractivity contribution in [3.63, 3.8) is 0 Å². The molecule has 29 heavy (non-hydrogen) atoms. The first kappa shape index (κ1) is 19.6. The van der Waals surface area contributed by atoms with Crippen LogP contribution in [0.2, 0.25) is 0 Å². The largest absolute Gasteiger partial charge is 0.378 e. The van der Waals surface area contributed by atoms with E-state index in [9.17, 15) is 4.79 Å².